The number of carbonyl (C=O) groups is 5. The number of ether oxygens (including phenoxy) is 2. The Morgan fingerprint density at radius 1 is 1.00 bits per heavy atom. The van der Waals surface area contributed by atoms with Gasteiger partial charge in [-0.25, -0.2) is 4.79 Å². The number of aliphatic carboxylic acids is 1. The number of nitrogens with zero attached hydrogens (tertiary/aromatic N) is 3. The summed E-state index contributed by atoms with van der Waals surface area (Å²) in [4.78, 5) is 72.4. The van der Waals surface area contributed by atoms with Crippen molar-refractivity contribution >= 4 is 29.6 Å². The minimum atomic E-state index is -1.15. The lowest BCUT2D eigenvalue weighted by atomic mass is 9.88. The maximum absolute atomic E-state index is 14.3. The zero-order chi connectivity index (χ0) is 40.4. The molecule has 0 saturated carbocycles. The maximum atomic E-state index is 14.3. The Bertz CT molecular complexity index is 1380. The molecule has 14 nitrogen and oxygen atoms in total. The highest BCUT2D eigenvalue weighted by atomic mass is 16.5. The second-order valence-electron chi connectivity index (χ2n) is 15.9. The van der Waals surface area contributed by atoms with E-state index >= 15 is 0 Å². The van der Waals surface area contributed by atoms with E-state index in [1.165, 1.54) is 14.2 Å². The van der Waals surface area contributed by atoms with Crippen molar-refractivity contribution in [3.8, 4) is 0 Å². The standard InChI is InChI=1S/C39H66N6O8/c1-13-24(2)31(44(10)35(48)33(38(4,5)40)42-37(51)39(6,7)43(8)9)29(52-11)23-30(46)45-21-17-20-28(45)32(53-12)25(3)34(47)41-27(36(49)50)22-26-18-15-14-16-19-26/h14-16,18-19,24-25,27-29,31-33H,13,17,20-23,40H2,1-12H3,(H,41,47)(H,42,51)(H,49,50)/t24-,25+,27-,28-,29+,31-,32+,33+/m0/s1. The van der Waals surface area contributed by atoms with Gasteiger partial charge in [0.2, 0.25) is 23.6 Å². The largest absolute Gasteiger partial charge is 0.480 e. The van der Waals surface area contributed by atoms with Crippen LogP contribution in [-0.2, 0) is 39.9 Å². The molecule has 1 aromatic carbocycles. The van der Waals surface area contributed by atoms with Gasteiger partial charge in [0.05, 0.1) is 42.2 Å². The van der Waals surface area contributed by atoms with Crippen LogP contribution in [0.15, 0.2) is 30.3 Å². The van der Waals surface area contributed by atoms with E-state index in [9.17, 15) is 29.1 Å². The smallest absolute Gasteiger partial charge is 0.326 e. The Hall–Kier alpha value is -3.59. The molecule has 0 unspecified atom stereocenters. The summed E-state index contributed by atoms with van der Waals surface area (Å²) in [5, 5.41) is 15.4. The number of rotatable bonds is 20. The first-order chi connectivity index (χ1) is 24.6. The number of nitrogens with one attached hydrogen (secondary N) is 2. The SMILES string of the molecule is CC[C@H](C)[C@@H]([C@@H](CC(=O)N1CCC[C@H]1[C@H](OC)[C@@H](C)C(=O)N[C@@H](Cc1ccccc1)C(=O)O)OC)N(C)C(=O)[C@@H](NC(=O)C(C)(C)N(C)C)C(C)(C)N. The van der Waals surface area contributed by atoms with Crippen LogP contribution in [0.4, 0.5) is 0 Å². The van der Waals surface area contributed by atoms with Gasteiger partial charge in [-0.2, -0.15) is 0 Å². The van der Waals surface area contributed by atoms with Crippen LogP contribution in [0, 0.1) is 11.8 Å². The first kappa shape index (κ1) is 45.6. The van der Waals surface area contributed by atoms with E-state index in [1.807, 2.05) is 32.0 Å². The average Bonchev–Trinajstić information content (AvgIpc) is 3.59. The normalized spacial score (nSPS) is 19.1. The zero-order valence-electron chi connectivity index (χ0n) is 34.0. The summed E-state index contributed by atoms with van der Waals surface area (Å²) in [7, 11) is 8.22. The molecule has 0 bridgehead atoms. The molecule has 0 spiro atoms. The molecule has 1 saturated heterocycles. The summed E-state index contributed by atoms with van der Waals surface area (Å²) in [5.41, 5.74) is 5.26. The lowest BCUT2D eigenvalue weighted by Crippen LogP contribution is -2.67. The highest BCUT2D eigenvalue weighted by Crippen LogP contribution is 2.30. The van der Waals surface area contributed by atoms with Gasteiger partial charge in [0.25, 0.3) is 0 Å². The van der Waals surface area contributed by atoms with Gasteiger partial charge in [0.1, 0.15) is 12.1 Å². The number of hydrogen-bond acceptors (Lipinski definition) is 9. The van der Waals surface area contributed by atoms with Crippen molar-refractivity contribution < 1.29 is 38.6 Å². The van der Waals surface area contributed by atoms with Gasteiger partial charge in [-0.15, -0.1) is 0 Å². The Morgan fingerprint density at radius 3 is 2.09 bits per heavy atom. The second kappa shape index (κ2) is 19.7. The van der Waals surface area contributed by atoms with E-state index in [0.717, 1.165) is 5.56 Å². The first-order valence-electron chi connectivity index (χ1n) is 18.6. The van der Waals surface area contributed by atoms with Gasteiger partial charge in [-0.05, 0) is 66.1 Å². The van der Waals surface area contributed by atoms with Crippen LogP contribution in [0.3, 0.4) is 0 Å². The number of carbonyl (C=O) groups excluding carboxylic acids is 4. The molecule has 53 heavy (non-hydrogen) atoms. The maximum Gasteiger partial charge on any atom is 0.326 e. The molecule has 4 amide bonds. The number of hydrogen-bond donors (Lipinski definition) is 4. The monoisotopic (exact) mass is 746 g/mol. The molecule has 0 aliphatic carbocycles. The topological polar surface area (TPSA) is 184 Å². The van der Waals surface area contributed by atoms with E-state index in [0.29, 0.717) is 25.8 Å². The number of carboxylic acid groups (broad SMARTS) is 1. The third-order valence-corrected chi connectivity index (χ3v) is 11.1. The number of likely N-dealkylation sites (N-methyl/N-ethyl adjacent to an activating group) is 2. The lowest BCUT2D eigenvalue weighted by Gasteiger charge is -2.43. The van der Waals surface area contributed by atoms with Crippen molar-refractivity contribution in [2.45, 2.75) is 128 Å². The average molecular weight is 747 g/mol. The number of amides is 4. The number of carboxylic acids is 1. The van der Waals surface area contributed by atoms with E-state index < -0.39 is 71.2 Å². The Kier molecular flexibility index (Phi) is 16.9. The number of likely N-dealkylation sites (tertiary alicyclic amines) is 1. The quantitative estimate of drug-likeness (QED) is 0.155. The predicted molar refractivity (Wildman–Crippen MR) is 204 cm³/mol. The third-order valence-electron chi connectivity index (χ3n) is 11.1. The third kappa shape index (κ3) is 11.7. The van der Waals surface area contributed by atoms with Gasteiger partial charge >= 0.3 is 5.97 Å². The molecule has 1 heterocycles. The Morgan fingerprint density at radius 2 is 1.60 bits per heavy atom. The molecule has 1 aliphatic heterocycles. The van der Waals surface area contributed by atoms with Crippen LogP contribution in [0.25, 0.3) is 0 Å². The highest BCUT2D eigenvalue weighted by molar-refractivity contribution is 5.92. The molecular weight excluding hydrogens is 680 g/mol. The highest BCUT2D eigenvalue weighted by Gasteiger charge is 2.45. The number of nitrogens with two attached hydrogens (primary N) is 1. The summed E-state index contributed by atoms with van der Waals surface area (Å²) in [6.45, 7) is 13.0. The van der Waals surface area contributed by atoms with Crippen LogP contribution in [0.5, 0.6) is 0 Å². The van der Waals surface area contributed by atoms with Crippen LogP contribution >= 0.6 is 0 Å². The van der Waals surface area contributed by atoms with Crippen molar-refractivity contribution in [3.05, 3.63) is 35.9 Å². The summed E-state index contributed by atoms with van der Waals surface area (Å²) >= 11 is 0. The van der Waals surface area contributed by atoms with Crippen molar-refractivity contribution in [3.63, 3.8) is 0 Å². The number of benzene rings is 1. The number of methoxy groups -OCH3 is 2. The van der Waals surface area contributed by atoms with Gasteiger partial charge < -0.3 is 40.7 Å². The summed E-state index contributed by atoms with van der Waals surface area (Å²) in [6.07, 6.45) is 0.624. The van der Waals surface area contributed by atoms with Crippen molar-refractivity contribution in [1.82, 2.24) is 25.3 Å². The fourth-order valence-corrected chi connectivity index (χ4v) is 6.94. The van der Waals surface area contributed by atoms with Crippen LogP contribution in [0.1, 0.15) is 79.7 Å². The molecule has 0 radical (unpaired) electrons. The first-order valence-corrected chi connectivity index (χ1v) is 18.6. The van der Waals surface area contributed by atoms with Gasteiger partial charge in [0, 0.05) is 39.8 Å². The molecule has 2 rings (SSSR count). The Balaban J connectivity index is 2.30. The van der Waals surface area contributed by atoms with Crippen LogP contribution < -0.4 is 16.4 Å². The molecule has 1 fully saturated rings. The van der Waals surface area contributed by atoms with Gasteiger partial charge in [0.15, 0.2) is 0 Å². The summed E-state index contributed by atoms with van der Waals surface area (Å²) in [6, 6.07) is 5.88. The fraction of sp³-hybridized carbons (Fsp3) is 0.718. The van der Waals surface area contributed by atoms with E-state index in [-0.39, 0.29) is 30.6 Å². The van der Waals surface area contributed by atoms with Gasteiger partial charge in [-0.3, -0.25) is 24.1 Å². The Labute approximate surface area is 316 Å². The summed E-state index contributed by atoms with van der Waals surface area (Å²) < 4.78 is 11.8. The molecule has 0 aromatic heterocycles. The summed E-state index contributed by atoms with van der Waals surface area (Å²) in [5.74, 6) is -3.46. The van der Waals surface area contributed by atoms with Crippen LogP contribution in [-0.4, -0.2) is 139 Å². The minimum absolute atomic E-state index is 0.0501. The molecule has 5 N–H and O–H groups in total. The predicted octanol–water partition coefficient (Wildman–Crippen LogP) is 2.28. The fourth-order valence-electron chi connectivity index (χ4n) is 6.94. The van der Waals surface area contributed by atoms with E-state index in [2.05, 4.69) is 10.6 Å². The molecular formula is C39H66N6O8. The van der Waals surface area contributed by atoms with Crippen molar-refractivity contribution in [2.75, 3.05) is 41.9 Å². The molecule has 8 atom stereocenters. The van der Waals surface area contributed by atoms with Crippen molar-refractivity contribution in [1.29, 1.82) is 0 Å². The zero-order valence-corrected chi connectivity index (χ0v) is 34.0. The van der Waals surface area contributed by atoms with Crippen molar-refractivity contribution in [2.24, 2.45) is 17.6 Å². The van der Waals surface area contributed by atoms with Gasteiger partial charge in [-0.1, -0.05) is 57.5 Å². The minimum Gasteiger partial charge on any atom is -0.480 e. The molecule has 1 aliphatic rings. The molecule has 1 aromatic rings. The van der Waals surface area contributed by atoms with Crippen LogP contribution in [0.2, 0.25) is 0 Å². The molecule has 14 heteroatoms. The second-order valence-corrected chi connectivity index (χ2v) is 15.9. The van der Waals surface area contributed by atoms with E-state index in [4.69, 9.17) is 15.2 Å². The lowest BCUT2D eigenvalue weighted by molar-refractivity contribution is -0.149. The molecule has 300 valence electrons. The van der Waals surface area contributed by atoms with E-state index in [1.54, 1.807) is 82.6 Å².